The van der Waals surface area contributed by atoms with E-state index < -0.39 is 0 Å². The topological polar surface area (TPSA) is 59.6 Å². The zero-order valence-corrected chi connectivity index (χ0v) is 12.1. The maximum atomic E-state index is 5.70. The first-order valence-electron chi connectivity index (χ1n) is 6.84. The van der Waals surface area contributed by atoms with Gasteiger partial charge in [0, 0.05) is 12.6 Å². The molecule has 4 heteroatoms. The standard InChI is InChI=1S/C15H25N3O/c1-12(2)18-15(16)17-10-4-5-11-19-14-8-6-13(3)7-9-14/h6-9,12H,4-5,10-11H2,1-3H3,(H3,16,17,18). The molecule has 0 aromatic heterocycles. The average molecular weight is 263 g/mol. The molecular weight excluding hydrogens is 238 g/mol. The largest absolute Gasteiger partial charge is 0.494 e. The number of rotatable bonds is 7. The first-order chi connectivity index (χ1) is 9.08. The summed E-state index contributed by atoms with van der Waals surface area (Å²) in [6.07, 6.45) is 1.96. The van der Waals surface area contributed by atoms with Crippen LogP contribution in [0.3, 0.4) is 0 Å². The first-order valence-corrected chi connectivity index (χ1v) is 6.84. The molecule has 1 aromatic carbocycles. The molecule has 0 heterocycles. The summed E-state index contributed by atoms with van der Waals surface area (Å²) in [5.41, 5.74) is 6.95. The molecular formula is C15H25N3O. The van der Waals surface area contributed by atoms with Crippen LogP contribution in [-0.4, -0.2) is 25.2 Å². The minimum Gasteiger partial charge on any atom is -0.494 e. The summed E-state index contributed by atoms with van der Waals surface area (Å²) in [6, 6.07) is 8.43. The molecule has 0 radical (unpaired) electrons. The van der Waals surface area contributed by atoms with Crippen LogP contribution in [0.5, 0.6) is 5.75 Å². The number of nitrogens with zero attached hydrogens (tertiary/aromatic N) is 1. The Kier molecular flexibility index (Phi) is 6.79. The third-order valence-electron chi connectivity index (χ3n) is 2.56. The molecule has 0 spiro atoms. The van der Waals surface area contributed by atoms with Crippen molar-refractivity contribution in [2.24, 2.45) is 10.7 Å². The van der Waals surface area contributed by atoms with Crippen molar-refractivity contribution in [1.29, 1.82) is 0 Å². The van der Waals surface area contributed by atoms with Crippen LogP contribution in [0.1, 0.15) is 32.3 Å². The Hall–Kier alpha value is -1.71. The van der Waals surface area contributed by atoms with Gasteiger partial charge in [-0.2, -0.15) is 0 Å². The highest BCUT2D eigenvalue weighted by Crippen LogP contribution is 2.11. The number of ether oxygens (including phenoxy) is 1. The van der Waals surface area contributed by atoms with E-state index in [0.717, 1.165) is 31.7 Å². The van der Waals surface area contributed by atoms with Crippen LogP contribution < -0.4 is 15.8 Å². The summed E-state index contributed by atoms with van der Waals surface area (Å²) in [4.78, 5) is 4.25. The van der Waals surface area contributed by atoms with Crippen LogP contribution in [0.15, 0.2) is 29.3 Å². The Balaban J connectivity index is 2.10. The third-order valence-corrected chi connectivity index (χ3v) is 2.56. The predicted molar refractivity (Wildman–Crippen MR) is 80.7 cm³/mol. The van der Waals surface area contributed by atoms with E-state index in [0.29, 0.717) is 12.0 Å². The fraction of sp³-hybridized carbons (Fsp3) is 0.533. The predicted octanol–water partition coefficient (Wildman–Crippen LogP) is 2.47. The van der Waals surface area contributed by atoms with Gasteiger partial charge in [-0.25, -0.2) is 0 Å². The summed E-state index contributed by atoms with van der Waals surface area (Å²) in [5, 5.41) is 3.06. The molecule has 0 unspecified atom stereocenters. The van der Waals surface area contributed by atoms with E-state index in [-0.39, 0.29) is 0 Å². The molecule has 19 heavy (non-hydrogen) atoms. The number of hydrogen-bond donors (Lipinski definition) is 2. The normalized spacial score (nSPS) is 11.7. The third kappa shape index (κ3) is 7.34. The van der Waals surface area contributed by atoms with Gasteiger partial charge in [0.15, 0.2) is 5.96 Å². The summed E-state index contributed by atoms with van der Waals surface area (Å²) in [7, 11) is 0. The molecule has 0 bridgehead atoms. The van der Waals surface area contributed by atoms with E-state index in [4.69, 9.17) is 10.5 Å². The van der Waals surface area contributed by atoms with Crippen LogP contribution in [0.2, 0.25) is 0 Å². The summed E-state index contributed by atoms with van der Waals surface area (Å²) in [5.74, 6) is 1.45. The van der Waals surface area contributed by atoms with Gasteiger partial charge in [-0.1, -0.05) is 17.7 Å². The van der Waals surface area contributed by atoms with Gasteiger partial charge in [-0.15, -0.1) is 0 Å². The second-order valence-electron chi connectivity index (χ2n) is 4.93. The fourth-order valence-corrected chi connectivity index (χ4v) is 1.58. The van der Waals surface area contributed by atoms with Crippen molar-refractivity contribution in [3.63, 3.8) is 0 Å². The maximum absolute atomic E-state index is 5.70. The molecule has 106 valence electrons. The van der Waals surface area contributed by atoms with Crippen molar-refractivity contribution in [1.82, 2.24) is 5.32 Å². The number of aryl methyl sites for hydroxylation is 1. The number of unbranched alkanes of at least 4 members (excludes halogenated alkanes) is 1. The lowest BCUT2D eigenvalue weighted by atomic mass is 10.2. The van der Waals surface area contributed by atoms with Crippen LogP contribution in [0.4, 0.5) is 0 Å². The maximum Gasteiger partial charge on any atom is 0.188 e. The lowest BCUT2D eigenvalue weighted by molar-refractivity contribution is 0.308. The van der Waals surface area contributed by atoms with E-state index in [1.165, 1.54) is 5.56 Å². The number of nitrogens with two attached hydrogens (primary N) is 1. The molecule has 0 atom stereocenters. The van der Waals surface area contributed by atoms with E-state index in [9.17, 15) is 0 Å². The Morgan fingerprint density at radius 1 is 1.26 bits per heavy atom. The van der Waals surface area contributed by atoms with Crippen molar-refractivity contribution in [3.05, 3.63) is 29.8 Å². The molecule has 0 aliphatic heterocycles. The molecule has 3 N–H and O–H groups in total. The van der Waals surface area contributed by atoms with Crippen molar-refractivity contribution < 1.29 is 4.74 Å². The van der Waals surface area contributed by atoms with Crippen molar-refractivity contribution in [2.75, 3.05) is 13.2 Å². The molecule has 4 nitrogen and oxygen atoms in total. The number of hydrogen-bond acceptors (Lipinski definition) is 2. The van der Waals surface area contributed by atoms with E-state index >= 15 is 0 Å². The van der Waals surface area contributed by atoms with Crippen molar-refractivity contribution in [2.45, 2.75) is 39.7 Å². The highest BCUT2D eigenvalue weighted by atomic mass is 16.5. The van der Waals surface area contributed by atoms with Crippen LogP contribution in [0, 0.1) is 6.92 Å². The summed E-state index contributed by atoms with van der Waals surface area (Å²) < 4.78 is 5.64. The molecule has 0 saturated heterocycles. The van der Waals surface area contributed by atoms with Crippen molar-refractivity contribution in [3.8, 4) is 5.75 Å². The van der Waals surface area contributed by atoms with Crippen LogP contribution in [-0.2, 0) is 0 Å². The monoisotopic (exact) mass is 263 g/mol. The lowest BCUT2D eigenvalue weighted by Gasteiger charge is -2.08. The van der Waals surface area contributed by atoms with E-state index in [1.54, 1.807) is 0 Å². The van der Waals surface area contributed by atoms with Crippen LogP contribution >= 0.6 is 0 Å². The minimum absolute atomic E-state index is 0.327. The van der Waals surface area contributed by atoms with Gasteiger partial charge in [0.25, 0.3) is 0 Å². The van der Waals surface area contributed by atoms with Gasteiger partial charge >= 0.3 is 0 Å². The lowest BCUT2D eigenvalue weighted by Crippen LogP contribution is -2.36. The second kappa shape index (κ2) is 8.40. The van der Waals surface area contributed by atoms with Gasteiger partial charge < -0.3 is 15.8 Å². The Morgan fingerprint density at radius 2 is 1.95 bits per heavy atom. The first kappa shape index (κ1) is 15.3. The minimum atomic E-state index is 0.327. The van der Waals surface area contributed by atoms with Gasteiger partial charge in [0.05, 0.1) is 6.61 Å². The number of nitrogens with one attached hydrogen (secondary N) is 1. The Labute approximate surface area is 116 Å². The highest BCUT2D eigenvalue weighted by Gasteiger charge is 1.95. The molecule has 0 aliphatic carbocycles. The highest BCUT2D eigenvalue weighted by molar-refractivity contribution is 5.77. The van der Waals surface area contributed by atoms with Crippen molar-refractivity contribution >= 4 is 5.96 Å². The second-order valence-corrected chi connectivity index (χ2v) is 4.93. The summed E-state index contributed by atoms with van der Waals surface area (Å²) in [6.45, 7) is 7.60. The van der Waals surface area contributed by atoms with Gasteiger partial charge in [-0.3, -0.25) is 4.99 Å². The van der Waals surface area contributed by atoms with Gasteiger partial charge in [-0.05, 0) is 45.7 Å². The molecule has 1 rings (SSSR count). The van der Waals surface area contributed by atoms with Crippen LogP contribution in [0.25, 0.3) is 0 Å². The van der Waals surface area contributed by atoms with Gasteiger partial charge in [0.1, 0.15) is 5.75 Å². The molecule has 1 aromatic rings. The quantitative estimate of drug-likeness (QED) is 0.451. The Morgan fingerprint density at radius 3 is 2.58 bits per heavy atom. The van der Waals surface area contributed by atoms with E-state index in [1.807, 2.05) is 26.0 Å². The molecule has 0 amide bonds. The molecule has 0 saturated carbocycles. The average Bonchev–Trinajstić information content (AvgIpc) is 2.35. The smallest absolute Gasteiger partial charge is 0.188 e. The SMILES string of the molecule is Cc1ccc(OCCCCN=C(N)NC(C)C)cc1. The zero-order chi connectivity index (χ0) is 14.1. The van der Waals surface area contributed by atoms with Gasteiger partial charge in [0.2, 0.25) is 0 Å². The number of guanidine groups is 1. The fourth-order valence-electron chi connectivity index (χ4n) is 1.58. The molecule has 0 fully saturated rings. The number of benzene rings is 1. The Bertz CT molecular complexity index is 385. The number of aliphatic imine (C=N–C) groups is 1. The van der Waals surface area contributed by atoms with E-state index in [2.05, 4.69) is 29.4 Å². The summed E-state index contributed by atoms with van der Waals surface area (Å²) >= 11 is 0. The zero-order valence-electron chi connectivity index (χ0n) is 12.1. The molecule has 0 aliphatic rings.